The number of hydrogen-bond donors (Lipinski definition) is 1. The van der Waals surface area contributed by atoms with Gasteiger partial charge in [0.05, 0.1) is 17.4 Å². The number of hydrogen-bond acceptors (Lipinski definition) is 3. The summed E-state index contributed by atoms with van der Waals surface area (Å²) in [7, 11) is -3.77. The molecule has 0 unspecified atom stereocenters. The van der Waals surface area contributed by atoms with E-state index in [1.54, 1.807) is 12.1 Å². The minimum Gasteiger partial charge on any atom is -0.225 e. The van der Waals surface area contributed by atoms with Crippen LogP contribution in [0.15, 0.2) is 17.0 Å². The molecular weight excluding hydrogens is 260 g/mol. The Balaban J connectivity index is 3.74. The number of sulfonamides is 1. The van der Waals surface area contributed by atoms with E-state index in [2.05, 4.69) is 6.07 Å². The van der Waals surface area contributed by atoms with Crippen molar-refractivity contribution in [3.05, 3.63) is 28.8 Å². The Bertz CT molecular complexity index is 611. The molecule has 0 fully saturated rings. The fraction of sp³-hybridized carbons (Fsp3) is 0.500. The Kier molecular flexibility index (Phi) is 4.72. The zero-order valence-electron chi connectivity index (χ0n) is 11.8. The smallest absolute Gasteiger partial charge is 0.225 e. The average molecular weight is 280 g/mol. The highest BCUT2D eigenvalue weighted by atomic mass is 32.2. The van der Waals surface area contributed by atoms with Crippen molar-refractivity contribution in [3.63, 3.8) is 0 Å². The molecule has 0 heterocycles. The number of nitrogens with two attached hydrogens (primary N) is 1. The van der Waals surface area contributed by atoms with Crippen molar-refractivity contribution in [3.8, 4) is 6.07 Å². The largest absolute Gasteiger partial charge is 0.238 e. The molecule has 4 nitrogen and oxygen atoms in total. The first-order chi connectivity index (χ1) is 8.70. The molecule has 19 heavy (non-hydrogen) atoms. The number of primary sulfonamides is 1. The molecule has 1 aromatic rings. The fourth-order valence-corrected chi connectivity index (χ4v) is 3.28. The molecule has 0 aliphatic heterocycles. The van der Waals surface area contributed by atoms with Gasteiger partial charge in [0.2, 0.25) is 10.0 Å². The van der Waals surface area contributed by atoms with E-state index in [0.29, 0.717) is 5.56 Å². The van der Waals surface area contributed by atoms with Crippen molar-refractivity contribution in [2.75, 3.05) is 0 Å². The molecule has 0 radical (unpaired) electrons. The fourth-order valence-electron chi connectivity index (χ4n) is 2.36. The lowest BCUT2D eigenvalue weighted by Gasteiger charge is -2.20. The highest BCUT2D eigenvalue weighted by Gasteiger charge is 2.22. The number of rotatable bonds is 4. The molecule has 104 valence electrons. The second-order valence-electron chi connectivity index (χ2n) is 5.23. The minimum absolute atomic E-state index is 0.00428. The molecule has 1 rings (SSSR count). The van der Waals surface area contributed by atoms with E-state index < -0.39 is 10.0 Å². The number of benzene rings is 1. The summed E-state index contributed by atoms with van der Waals surface area (Å²) < 4.78 is 23.4. The van der Waals surface area contributed by atoms with Crippen molar-refractivity contribution in [2.24, 2.45) is 5.14 Å². The molecule has 0 saturated heterocycles. The van der Waals surface area contributed by atoms with Crippen molar-refractivity contribution in [2.45, 2.75) is 50.8 Å². The summed E-state index contributed by atoms with van der Waals surface area (Å²) in [6, 6.07) is 5.44. The van der Waals surface area contributed by atoms with Crippen molar-refractivity contribution >= 4 is 10.0 Å². The highest BCUT2D eigenvalue weighted by Crippen LogP contribution is 2.32. The third-order valence-corrected chi connectivity index (χ3v) is 4.08. The van der Waals surface area contributed by atoms with Gasteiger partial charge in [-0.2, -0.15) is 5.26 Å². The van der Waals surface area contributed by atoms with E-state index >= 15 is 0 Å². The molecule has 0 atom stereocenters. The molecule has 2 N–H and O–H groups in total. The van der Waals surface area contributed by atoms with Gasteiger partial charge in [-0.25, -0.2) is 13.6 Å². The van der Waals surface area contributed by atoms with E-state index in [1.165, 1.54) is 0 Å². The molecule has 0 aromatic heterocycles. The van der Waals surface area contributed by atoms with Crippen LogP contribution in [0.2, 0.25) is 0 Å². The second kappa shape index (κ2) is 5.72. The highest BCUT2D eigenvalue weighted by molar-refractivity contribution is 7.89. The predicted molar refractivity (Wildman–Crippen MR) is 75.3 cm³/mol. The molecule has 5 heteroatoms. The monoisotopic (exact) mass is 280 g/mol. The summed E-state index contributed by atoms with van der Waals surface area (Å²) in [5.41, 5.74) is 2.49. The lowest BCUT2D eigenvalue weighted by molar-refractivity contribution is 0.595. The quantitative estimate of drug-likeness (QED) is 0.920. The predicted octanol–water partition coefficient (Wildman–Crippen LogP) is 2.65. The Hall–Kier alpha value is -1.38. The van der Waals surface area contributed by atoms with Crippen LogP contribution in [-0.2, 0) is 16.4 Å². The molecule has 0 amide bonds. The van der Waals surface area contributed by atoms with E-state index in [9.17, 15) is 8.42 Å². The summed E-state index contributed by atoms with van der Waals surface area (Å²) >= 11 is 0. The summed E-state index contributed by atoms with van der Waals surface area (Å²) in [6.07, 6.45) is 0.199. The zero-order chi connectivity index (χ0) is 14.8. The molecular formula is C14H20N2O2S. The molecule has 0 saturated carbocycles. The van der Waals surface area contributed by atoms with Crippen LogP contribution in [-0.4, -0.2) is 8.42 Å². The van der Waals surface area contributed by atoms with E-state index in [4.69, 9.17) is 10.4 Å². The topological polar surface area (TPSA) is 84.0 Å². The van der Waals surface area contributed by atoms with Gasteiger partial charge in [-0.15, -0.1) is 0 Å². The van der Waals surface area contributed by atoms with Gasteiger partial charge in [0.25, 0.3) is 0 Å². The van der Waals surface area contributed by atoms with E-state index in [1.807, 2.05) is 27.7 Å². The summed E-state index contributed by atoms with van der Waals surface area (Å²) in [5.74, 6) is 0.228. The van der Waals surface area contributed by atoms with Gasteiger partial charge in [0.15, 0.2) is 0 Å². The first kappa shape index (κ1) is 15.7. The van der Waals surface area contributed by atoms with Crippen molar-refractivity contribution in [1.29, 1.82) is 5.26 Å². The number of nitrogens with zero attached hydrogens (tertiary/aromatic N) is 1. The first-order valence-corrected chi connectivity index (χ1v) is 7.80. The second-order valence-corrected chi connectivity index (χ2v) is 6.76. The van der Waals surface area contributed by atoms with Gasteiger partial charge in [-0.3, -0.25) is 0 Å². The van der Waals surface area contributed by atoms with Crippen LogP contribution in [0.3, 0.4) is 0 Å². The average Bonchev–Trinajstić information content (AvgIpc) is 2.26. The Morgan fingerprint density at radius 2 is 1.79 bits per heavy atom. The van der Waals surface area contributed by atoms with E-state index in [-0.39, 0.29) is 23.2 Å². The zero-order valence-corrected chi connectivity index (χ0v) is 12.6. The van der Waals surface area contributed by atoms with Gasteiger partial charge in [0.1, 0.15) is 0 Å². The van der Waals surface area contributed by atoms with Crippen LogP contribution in [0.4, 0.5) is 0 Å². The minimum atomic E-state index is -3.77. The maximum Gasteiger partial charge on any atom is 0.238 e. The van der Waals surface area contributed by atoms with E-state index in [0.717, 1.165) is 11.1 Å². The molecule has 0 spiro atoms. The van der Waals surface area contributed by atoms with Crippen molar-refractivity contribution in [1.82, 2.24) is 0 Å². The summed E-state index contributed by atoms with van der Waals surface area (Å²) in [4.78, 5) is 0.136. The Labute approximate surface area is 115 Å². The van der Waals surface area contributed by atoms with Crippen LogP contribution in [0.5, 0.6) is 0 Å². The van der Waals surface area contributed by atoms with Gasteiger partial charge >= 0.3 is 0 Å². The Morgan fingerprint density at radius 3 is 2.16 bits per heavy atom. The van der Waals surface area contributed by atoms with Crippen LogP contribution in [0.25, 0.3) is 0 Å². The standard InChI is InChI=1S/C14H20N2O2S/c1-9(2)11-5-6-13(19(16,17)18)14(10(3)4)12(11)7-8-15/h5-6,9-10H,7H2,1-4H3,(H2,16,17,18). The SMILES string of the molecule is CC(C)c1ccc(S(N)(=O)=O)c(C(C)C)c1CC#N. The van der Waals surface area contributed by atoms with Crippen LogP contribution in [0.1, 0.15) is 56.2 Å². The lowest BCUT2D eigenvalue weighted by atomic mass is 9.87. The lowest BCUT2D eigenvalue weighted by Crippen LogP contribution is -2.17. The summed E-state index contributed by atoms with van der Waals surface area (Å²) in [5, 5.41) is 14.3. The van der Waals surface area contributed by atoms with Crippen molar-refractivity contribution < 1.29 is 8.42 Å². The Morgan fingerprint density at radius 1 is 1.21 bits per heavy atom. The maximum absolute atomic E-state index is 11.7. The van der Waals surface area contributed by atoms with Gasteiger partial charge in [-0.1, -0.05) is 33.8 Å². The van der Waals surface area contributed by atoms with Gasteiger partial charge in [-0.05, 0) is 34.6 Å². The summed E-state index contributed by atoms with van der Waals surface area (Å²) in [6.45, 7) is 7.87. The molecule has 0 aliphatic rings. The van der Waals surface area contributed by atoms with Crippen LogP contribution < -0.4 is 5.14 Å². The molecule has 0 bridgehead atoms. The van der Waals surface area contributed by atoms with Gasteiger partial charge in [0, 0.05) is 0 Å². The third-order valence-electron chi connectivity index (χ3n) is 3.12. The van der Waals surface area contributed by atoms with Crippen LogP contribution >= 0.6 is 0 Å². The number of nitriles is 1. The molecule has 1 aromatic carbocycles. The first-order valence-electron chi connectivity index (χ1n) is 6.25. The van der Waals surface area contributed by atoms with Gasteiger partial charge < -0.3 is 0 Å². The maximum atomic E-state index is 11.7. The normalized spacial score (nSPS) is 11.9. The van der Waals surface area contributed by atoms with Crippen LogP contribution in [0, 0.1) is 11.3 Å². The third kappa shape index (κ3) is 3.34. The molecule has 0 aliphatic carbocycles.